The minimum atomic E-state index is 1.26. The SMILES string of the molecule is c1cc2ccc3cccc4c(-c5ccc6cc(-c7ccc8sc9cccc%10ccc7c8c%109)ccc6c5)cc(c1)c2c34. The Labute approximate surface area is 240 Å². The second-order valence-electron chi connectivity index (χ2n) is 11.3. The van der Waals surface area contributed by atoms with Gasteiger partial charge in [0.2, 0.25) is 0 Å². The van der Waals surface area contributed by atoms with Gasteiger partial charge in [0.25, 0.3) is 0 Å². The molecule has 0 aliphatic heterocycles. The number of thiophene rings is 1. The summed E-state index contributed by atoms with van der Waals surface area (Å²) in [5, 5.41) is 16.0. The zero-order valence-corrected chi connectivity index (χ0v) is 22.9. The average Bonchev–Trinajstić information content (AvgIpc) is 3.42. The van der Waals surface area contributed by atoms with E-state index in [1.807, 2.05) is 11.3 Å². The second-order valence-corrected chi connectivity index (χ2v) is 12.4. The van der Waals surface area contributed by atoms with Crippen molar-refractivity contribution in [1.29, 1.82) is 0 Å². The van der Waals surface area contributed by atoms with Crippen LogP contribution in [0.25, 0.3) is 96.3 Å². The van der Waals surface area contributed by atoms with E-state index in [2.05, 4.69) is 133 Å². The van der Waals surface area contributed by atoms with Crippen molar-refractivity contribution in [3.05, 3.63) is 133 Å². The molecule has 0 atom stereocenters. The van der Waals surface area contributed by atoms with Crippen molar-refractivity contribution >= 4 is 85.4 Å². The van der Waals surface area contributed by atoms with Crippen LogP contribution in [-0.4, -0.2) is 0 Å². The summed E-state index contributed by atoms with van der Waals surface area (Å²) < 4.78 is 2.74. The first-order valence-corrected chi connectivity index (χ1v) is 15.0. The van der Waals surface area contributed by atoms with Gasteiger partial charge in [-0.15, -0.1) is 11.3 Å². The zero-order valence-electron chi connectivity index (χ0n) is 22.1. The molecule has 0 nitrogen and oxygen atoms in total. The van der Waals surface area contributed by atoms with Gasteiger partial charge < -0.3 is 0 Å². The lowest BCUT2D eigenvalue weighted by molar-refractivity contribution is 1.68. The molecular weight excluding hydrogens is 513 g/mol. The molecule has 0 saturated heterocycles. The molecule has 0 unspecified atom stereocenters. The first-order chi connectivity index (χ1) is 20.3. The number of hydrogen-bond acceptors (Lipinski definition) is 1. The summed E-state index contributed by atoms with van der Waals surface area (Å²) in [4.78, 5) is 0. The van der Waals surface area contributed by atoms with Gasteiger partial charge in [-0.25, -0.2) is 0 Å². The van der Waals surface area contributed by atoms with E-state index in [0.717, 1.165) is 0 Å². The van der Waals surface area contributed by atoms with Gasteiger partial charge in [0.1, 0.15) is 0 Å². The van der Waals surface area contributed by atoms with Gasteiger partial charge in [0, 0.05) is 20.2 Å². The molecule has 9 aromatic carbocycles. The summed E-state index contributed by atoms with van der Waals surface area (Å²) in [5.74, 6) is 0. The molecular formula is C40H22S. The Morgan fingerprint density at radius 1 is 0.317 bits per heavy atom. The van der Waals surface area contributed by atoms with Crippen molar-refractivity contribution < 1.29 is 0 Å². The summed E-state index contributed by atoms with van der Waals surface area (Å²) in [7, 11) is 0. The summed E-state index contributed by atoms with van der Waals surface area (Å²) in [6.45, 7) is 0. The molecule has 0 amide bonds. The van der Waals surface area contributed by atoms with E-state index in [1.54, 1.807) is 0 Å². The smallest absolute Gasteiger partial charge is 0.0362 e. The average molecular weight is 535 g/mol. The lowest BCUT2D eigenvalue weighted by Crippen LogP contribution is -1.88. The van der Waals surface area contributed by atoms with Crippen LogP contribution in [-0.2, 0) is 0 Å². The van der Waals surface area contributed by atoms with E-state index in [9.17, 15) is 0 Å². The minimum Gasteiger partial charge on any atom is -0.135 e. The fraction of sp³-hybridized carbons (Fsp3) is 0. The summed E-state index contributed by atoms with van der Waals surface area (Å²) in [6.07, 6.45) is 0. The Morgan fingerprint density at radius 2 is 0.902 bits per heavy atom. The normalized spacial score (nSPS) is 12.4. The molecule has 0 fully saturated rings. The third-order valence-corrected chi connectivity index (χ3v) is 10.3. The van der Waals surface area contributed by atoms with Crippen LogP contribution in [0.1, 0.15) is 0 Å². The van der Waals surface area contributed by atoms with Crippen LogP contribution in [0.3, 0.4) is 0 Å². The van der Waals surface area contributed by atoms with Crippen molar-refractivity contribution in [2.75, 3.05) is 0 Å². The summed E-state index contributed by atoms with van der Waals surface area (Å²) in [5.41, 5.74) is 5.14. The molecule has 0 aliphatic carbocycles. The van der Waals surface area contributed by atoms with E-state index in [0.29, 0.717) is 0 Å². The fourth-order valence-electron chi connectivity index (χ4n) is 7.28. The number of hydrogen-bond donors (Lipinski definition) is 0. The van der Waals surface area contributed by atoms with E-state index in [-0.39, 0.29) is 0 Å². The van der Waals surface area contributed by atoms with Crippen molar-refractivity contribution in [3.63, 3.8) is 0 Å². The Hall–Kier alpha value is -4.98. The highest BCUT2D eigenvalue weighted by atomic mass is 32.1. The second kappa shape index (κ2) is 7.81. The lowest BCUT2D eigenvalue weighted by Gasteiger charge is -2.15. The predicted octanol–water partition coefficient (Wildman–Crippen LogP) is 12.0. The van der Waals surface area contributed by atoms with E-state index >= 15 is 0 Å². The Morgan fingerprint density at radius 3 is 1.73 bits per heavy atom. The molecule has 41 heavy (non-hydrogen) atoms. The molecule has 0 radical (unpaired) electrons. The topological polar surface area (TPSA) is 0 Å². The third kappa shape index (κ3) is 2.94. The van der Waals surface area contributed by atoms with Crippen molar-refractivity contribution in [3.8, 4) is 22.3 Å². The first kappa shape index (κ1) is 21.8. The predicted molar refractivity (Wildman–Crippen MR) is 180 cm³/mol. The van der Waals surface area contributed by atoms with Crippen LogP contribution in [0, 0.1) is 0 Å². The van der Waals surface area contributed by atoms with E-state index in [4.69, 9.17) is 0 Å². The highest BCUT2D eigenvalue weighted by Gasteiger charge is 2.16. The molecule has 1 heterocycles. The van der Waals surface area contributed by atoms with Crippen LogP contribution in [0.4, 0.5) is 0 Å². The Bertz CT molecular complexity index is 2630. The molecule has 0 bridgehead atoms. The lowest BCUT2D eigenvalue weighted by atomic mass is 9.88. The van der Waals surface area contributed by atoms with Crippen LogP contribution in [0.2, 0.25) is 0 Å². The monoisotopic (exact) mass is 534 g/mol. The molecule has 0 aliphatic rings. The standard InChI is InChI=1S/C40H22S/c1-4-23-10-11-24-5-2-8-32-34(22-30(7-1)37(23)38(24)32)29-15-13-26-20-28(14-12-27(26)21-29)31-18-19-36-40-33(31)17-16-25-6-3-9-35(41-36)39(25)40/h1-22H. The fourth-order valence-corrected chi connectivity index (χ4v) is 8.44. The third-order valence-electron chi connectivity index (χ3n) is 9.14. The zero-order chi connectivity index (χ0) is 26.7. The van der Waals surface area contributed by atoms with Gasteiger partial charge in [-0.1, -0.05) is 103 Å². The number of benzene rings is 9. The molecule has 1 heteroatoms. The van der Waals surface area contributed by atoms with Gasteiger partial charge >= 0.3 is 0 Å². The maximum Gasteiger partial charge on any atom is 0.0362 e. The van der Waals surface area contributed by atoms with Crippen LogP contribution >= 0.6 is 11.3 Å². The highest BCUT2D eigenvalue weighted by molar-refractivity contribution is 7.26. The van der Waals surface area contributed by atoms with Crippen molar-refractivity contribution in [2.24, 2.45) is 0 Å². The largest absolute Gasteiger partial charge is 0.135 e. The maximum atomic E-state index is 2.38. The van der Waals surface area contributed by atoms with Gasteiger partial charge in [-0.05, 0) is 106 Å². The Kier molecular flexibility index (Phi) is 4.15. The van der Waals surface area contributed by atoms with Crippen molar-refractivity contribution in [2.45, 2.75) is 0 Å². The van der Waals surface area contributed by atoms with Gasteiger partial charge in [0.05, 0.1) is 0 Å². The highest BCUT2D eigenvalue weighted by Crippen LogP contribution is 2.45. The Balaban J connectivity index is 1.16. The summed E-state index contributed by atoms with van der Waals surface area (Å²) in [6, 6.07) is 50.0. The molecule has 1 aromatic heterocycles. The van der Waals surface area contributed by atoms with Gasteiger partial charge in [-0.2, -0.15) is 0 Å². The number of fused-ring (bicyclic) bond motifs is 1. The number of rotatable bonds is 2. The molecule has 0 saturated carbocycles. The van der Waals surface area contributed by atoms with Crippen LogP contribution in [0.5, 0.6) is 0 Å². The molecule has 0 N–H and O–H groups in total. The molecule has 0 spiro atoms. The molecule has 10 rings (SSSR count). The molecule has 10 aromatic rings. The van der Waals surface area contributed by atoms with Gasteiger partial charge in [0.15, 0.2) is 0 Å². The van der Waals surface area contributed by atoms with Crippen LogP contribution < -0.4 is 0 Å². The van der Waals surface area contributed by atoms with E-state index < -0.39 is 0 Å². The van der Waals surface area contributed by atoms with E-state index in [1.165, 1.54) is 96.3 Å². The maximum absolute atomic E-state index is 2.38. The first-order valence-electron chi connectivity index (χ1n) is 14.2. The summed E-state index contributed by atoms with van der Waals surface area (Å²) >= 11 is 1.90. The molecule has 188 valence electrons. The quantitative estimate of drug-likeness (QED) is 0.193. The van der Waals surface area contributed by atoms with Crippen molar-refractivity contribution in [1.82, 2.24) is 0 Å². The van der Waals surface area contributed by atoms with Gasteiger partial charge in [-0.3, -0.25) is 0 Å². The van der Waals surface area contributed by atoms with Crippen LogP contribution in [0.15, 0.2) is 133 Å². The minimum absolute atomic E-state index is 1.26.